The molecule has 1 amide bonds. The van der Waals surface area contributed by atoms with E-state index in [-0.39, 0.29) is 11.3 Å². The number of carbonyl (C=O) groups is 5. The molecule has 0 bridgehead atoms. The largest absolute Gasteiger partial charge is 0.507 e. The fourth-order valence-electron chi connectivity index (χ4n) is 10.3. The Bertz CT molecular complexity index is 1910. The van der Waals surface area contributed by atoms with E-state index in [0.29, 0.717) is 17.0 Å². The molecule has 302 valence electrons. The summed E-state index contributed by atoms with van der Waals surface area (Å²) in [5.41, 5.74) is 8.41. The van der Waals surface area contributed by atoms with Crippen LogP contribution in [0.5, 0.6) is 5.75 Å². The Morgan fingerprint density at radius 1 is 0.929 bits per heavy atom. The molecule has 0 radical (unpaired) electrons. The van der Waals surface area contributed by atoms with E-state index in [1.165, 1.54) is 41.8 Å². The number of unbranched alkanes of at least 4 members (excludes halogenated alkanes) is 4. The van der Waals surface area contributed by atoms with E-state index >= 15 is 0 Å². The second-order valence-electron chi connectivity index (χ2n) is 16.7. The summed E-state index contributed by atoms with van der Waals surface area (Å²) in [6.07, 6.45) is 12.7. The van der Waals surface area contributed by atoms with Gasteiger partial charge in [0, 0.05) is 19.1 Å². The third-order valence-electron chi connectivity index (χ3n) is 13.1. The number of likely N-dealkylation sites (N-methyl/N-ethyl adjacent to an activating group) is 1. The van der Waals surface area contributed by atoms with Crippen LogP contribution in [0.3, 0.4) is 0 Å². The topological polar surface area (TPSA) is 185 Å². The third kappa shape index (κ3) is 7.09. The maximum atomic E-state index is 14.5. The normalized spacial score (nSPS) is 29.5. The Balaban J connectivity index is 1.45. The van der Waals surface area contributed by atoms with Crippen molar-refractivity contribution in [3.8, 4) is 5.75 Å². The van der Waals surface area contributed by atoms with Gasteiger partial charge in [0.25, 0.3) is 0 Å². The molecule has 3 aliphatic carbocycles. The summed E-state index contributed by atoms with van der Waals surface area (Å²) in [5, 5.41) is 35.3. The lowest BCUT2D eigenvalue weighted by atomic mass is 9.49. The Hall–Kier alpha value is -4.03. The maximum Gasteiger partial charge on any atom is 0.235 e. The van der Waals surface area contributed by atoms with E-state index in [1.54, 1.807) is 13.0 Å². The molecular formula is C45H58N2O9. The average molecular weight is 771 g/mol. The number of rotatable bonds is 13. The second kappa shape index (κ2) is 16.8. The smallest absolute Gasteiger partial charge is 0.235 e. The van der Waals surface area contributed by atoms with E-state index in [0.717, 1.165) is 83.0 Å². The van der Waals surface area contributed by atoms with Gasteiger partial charge in [-0.3, -0.25) is 28.9 Å². The predicted molar refractivity (Wildman–Crippen MR) is 212 cm³/mol. The fourth-order valence-corrected chi connectivity index (χ4v) is 10.3. The van der Waals surface area contributed by atoms with Crippen LogP contribution in [0.15, 0.2) is 24.3 Å². The number of primary amides is 1. The summed E-state index contributed by atoms with van der Waals surface area (Å²) >= 11 is 0. The number of amides is 1. The Labute approximate surface area is 329 Å². The van der Waals surface area contributed by atoms with Crippen LogP contribution < -0.4 is 5.73 Å². The Morgan fingerprint density at radius 3 is 2.16 bits per heavy atom. The zero-order valence-corrected chi connectivity index (χ0v) is 33.4. The molecule has 2 aromatic carbocycles. The first-order chi connectivity index (χ1) is 26.7. The van der Waals surface area contributed by atoms with Crippen molar-refractivity contribution in [2.45, 2.75) is 115 Å². The Kier molecular flexibility index (Phi) is 12.5. The van der Waals surface area contributed by atoms with Crippen molar-refractivity contribution in [3.05, 3.63) is 63.2 Å². The maximum absolute atomic E-state index is 14.5. The van der Waals surface area contributed by atoms with Crippen LogP contribution in [-0.4, -0.2) is 94.3 Å². The number of hydrogen-bond donors (Lipinski definition) is 4. The van der Waals surface area contributed by atoms with Gasteiger partial charge < -0.3 is 25.8 Å². The number of phenolic OH excluding ortho intramolecular Hbond substituents is 1. The molecule has 3 fully saturated rings. The lowest BCUT2D eigenvalue weighted by Crippen LogP contribution is -2.77. The minimum atomic E-state index is -3.04. The number of aromatic hydroxyl groups is 1. The molecule has 1 heterocycles. The molecule has 6 rings (SSSR count). The highest BCUT2D eigenvalue weighted by Gasteiger charge is 2.73. The minimum absolute atomic E-state index is 0.114. The predicted octanol–water partition coefficient (Wildman–Crippen LogP) is 4.93. The number of benzene rings is 2. The molecule has 8 atom stereocenters. The molecule has 4 aliphatic rings. The van der Waals surface area contributed by atoms with Crippen molar-refractivity contribution in [3.63, 3.8) is 0 Å². The SMILES string of the molecule is CCCCCc1cc(C2CCOCC2)c(CCCCC)cc1C=Cc1ccc(O)c2c1C(C)[C@@H]1C(C2=O)C(=O)[C@]2(O)C(=O)C(C(N)=O)C(=O)[C@@H](N(C)C)[C@@H]2[C@H]1O. The summed E-state index contributed by atoms with van der Waals surface area (Å²) in [6, 6.07) is 6.40. The van der Waals surface area contributed by atoms with Crippen molar-refractivity contribution in [2.24, 2.45) is 29.4 Å². The number of fused-ring (bicyclic) bond motifs is 3. The quantitative estimate of drug-likeness (QED) is 0.124. The van der Waals surface area contributed by atoms with E-state index in [2.05, 4.69) is 32.1 Å². The van der Waals surface area contributed by atoms with Crippen LogP contribution >= 0.6 is 0 Å². The molecule has 1 aliphatic heterocycles. The molecule has 11 nitrogen and oxygen atoms in total. The number of phenols is 1. The van der Waals surface area contributed by atoms with Crippen LogP contribution in [0.1, 0.15) is 128 Å². The van der Waals surface area contributed by atoms with Crippen LogP contribution in [0, 0.1) is 23.7 Å². The van der Waals surface area contributed by atoms with Crippen molar-refractivity contribution in [2.75, 3.05) is 27.3 Å². The molecule has 1 saturated heterocycles. The van der Waals surface area contributed by atoms with Gasteiger partial charge >= 0.3 is 0 Å². The molecule has 0 aromatic heterocycles. The van der Waals surface area contributed by atoms with Gasteiger partial charge in [-0.2, -0.15) is 0 Å². The zero-order valence-electron chi connectivity index (χ0n) is 33.4. The first-order valence-electron chi connectivity index (χ1n) is 20.5. The highest BCUT2D eigenvalue weighted by Crippen LogP contribution is 2.55. The van der Waals surface area contributed by atoms with Crippen LogP contribution in [0.2, 0.25) is 0 Å². The molecule has 0 spiro atoms. The van der Waals surface area contributed by atoms with Crippen molar-refractivity contribution in [1.29, 1.82) is 0 Å². The summed E-state index contributed by atoms with van der Waals surface area (Å²) in [4.78, 5) is 69.9. The van der Waals surface area contributed by atoms with Crippen LogP contribution in [-0.2, 0) is 36.8 Å². The lowest BCUT2D eigenvalue weighted by molar-refractivity contribution is -0.196. The highest BCUT2D eigenvalue weighted by atomic mass is 16.5. The molecule has 56 heavy (non-hydrogen) atoms. The van der Waals surface area contributed by atoms with E-state index in [9.17, 15) is 39.3 Å². The van der Waals surface area contributed by atoms with Gasteiger partial charge in [0.1, 0.15) is 5.75 Å². The Morgan fingerprint density at radius 2 is 1.55 bits per heavy atom. The van der Waals surface area contributed by atoms with Crippen molar-refractivity contribution in [1.82, 2.24) is 4.90 Å². The lowest BCUT2D eigenvalue weighted by Gasteiger charge is -2.56. The van der Waals surface area contributed by atoms with E-state index in [4.69, 9.17) is 10.5 Å². The van der Waals surface area contributed by atoms with Crippen LogP contribution in [0.4, 0.5) is 0 Å². The monoisotopic (exact) mass is 770 g/mol. The summed E-state index contributed by atoms with van der Waals surface area (Å²) < 4.78 is 5.72. The number of aryl methyl sites for hydroxylation is 2. The highest BCUT2D eigenvalue weighted by molar-refractivity contribution is 6.32. The van der Waals surface area contributed by atoms with Crippen LogP contribution in [0.25, 0.3) is 12.2 Å². The van der Waals surface area contributed by atoms with Gasteiger partial charge in [0.05, 0.1) is 29.5 Å². The standard InChI is InChI=1S/C45H58N2O9/c1-6-8-10-12-27-23-30(25-18-20-56-21-19-25)29(13-11-9-7-2)22-28(27)15-14-26-16-17-31(48)34-32(26)24(3)33-35(39(34)49)42(52)45(55)37(40(33)50)38(47(4)5)41(51)36(43(45)53)44(46)54/h14-17,22-25,33,35-38,40,48,50,55H,6-13,18-21H2,1-5H3,(H2,46,54)/t24?,33-,35?,36?,37-,38+,40+,45+/m1/s1. The van der Waals surface area contributed by atoms with Gasteiger partial charge in [0.15, 0.2) is 34.7 Å². The number of nitrogens with two attached hydrogens (primary N) is 1. The van der Waals surface area contributed by atoms with Crippen molar-refractivity contribution >= 4 is 41.2 Å². The number of aliphatic hydroxyl groups is 2. The average Bonchev–Trinajstić information content (AvgIpc) is 3.16. The van der Waals surface area contributed by atoms with Crippen molar-refractivity contribution < 1.29 is 44.0 Å². The van der Waals surface area contributed by atoms with Gasteiger partial charge in [-0.1, -0.05) is 76.8 Å². The second-order valence-corrected chi connectivity index (χ2v) is 16.7. The first-order valence-corrected chi connectivity index (χ1v) is 20.5. The number of hydrogen-bond acceptors (Lipinski definition) is 10. The number of Topliss-reactive ketones (excluding diaryl/α,β-unsaturated/α-hetero) is 4. The van der Waals surface area contributed by atoms with E-state index in [1.807, 2.05) is 6.08 Å². The van der Waals surface area contributed by atoms with Gasteiger partial charge in [-0.15, -0.1) is 0 Å². The summed E-state index contributed by atoms with van der Waals surface area (Å²) in [6.45, 7) is 7.65. The van der Waals surface area contributed by atoms with Gasteiger partial charge in [-0.25, -0.2) is 0 Å². The summed E-state index contributed by atoms with van der Waals surface area (Å²) in [7, 11) is 2.96. The molecule has 5 N–H and O–H groups in total. The summed E-state index contributed by atoms with van der Waals surface area (Å²) in [5.74, 6) is -13.1. The molecule has 3 unspecified atom stereocenters. The number of ether oxygens (including phenoxy) is 1. The third-order valence-corrected chi connectivity index (χ3v) is 13.1. The van der Waals surface area contributed by atoms with E-state index < -0.39 is 76.4 Å². The molecule has 11 heteroatoms. The van der Waals surface area contributed by atoms with Gasteiger partial charge in [0.2, 0.25) is 5.91 Å². The first kappa shape index (κ1) is 41.6. The number of ketones is 4. The fraction of sp³-hybridized carbons (Fsp3) is 0.578. The number of nitrogens with zero attached hydrogens (tertiary/aromatic N) is 1. The minimum Gasteiger partial charge on any atom is -0.507 e. The number of carbonyl (C=O) groups excluding carboxylic acids is 5. The number of aliphatic hydroxyl groups excluding tert-OH is 1. The zero-order chi connectivity index (χ0) is 40.6. The molecule has 2 aromatic rings. The molecular weight excluding hydrogens is 713 g/mol. The van der Waals surface area contributed by atoms with Gasteiger partial charge in [-0.05, 0) is 104 Å². The molecule has 2 saturated carbocycles.